The molecular weight excluding hydrogens is 676 g/mol. The van der Waals surface area contributed by atoms with Crippen LogP contribution in [0.1, 0.15) is 12.8 Å². The molecule has 7 rings (SSSR count). The molecule has 2 aliphatic rings. The van der Waals surface area contributed by atoms with Crippen LogP contribution < -0.4 is 15.6 Å². The van der Waals surface area contributed by atoms with Crippen molar-refractivity contribution >= 4 is 44.1 Å². The van der Waals surface area contributed by atoms with Gasteiger partial charge in [-0.15, -0.1) is 0 Å². The van der Waals surface area contributed by atoms with Gasteiger partial charge < -0.3 is 19.7 Å². The molecule has 2 aromatic heterocycles. The molecule has 1 atom stereocenters. The van der Waals surface area contributed by atoms with E-state index in [1.54, 1.807) is 41.1 Å². The minimum atomic E-state index is -3.80. The molecule has 260 valence electrons. The summed E-state index contributed by atoms with van der Waals surface area (Å²) in [6, 6.07) is 22.1. The van der Waals surface area contributed by atoms with Gasteiger partial charge in [-0.25, -0.2) is 13.4 Å². The fourth-order valence-electron chi connectivity index (χ4n) is 6.46. The van der Waals surface area contributed by atoms with E-state index in [1.165, 1.54) is 24.3 Å². The van der Waals surface area contributed by atoms with Crippen LogP contribution in [-0.2, 0) is 21.1 Å². The second-order valence-corrected chi connectivity index (χ2v) is 15.1. The van der Waals surface area contributed by atoms with Crippen LogP contribution in [-0.4, -0.2) is 91.8 Å². The summed E-state index contributed by atoms with van der Waals surface area (Å²) in [4.78, 5) is 28.4. The van der Waals surface area contributed by atoms with Gasteiger partial charge in [0.05, 0.1) is 23.0 Å². The summed E-state index contributed by atoms with van der Waals surface area (Å²) in [7, 11) is -1.68. The van der Waals surface area contributed by atoms with E-state index >= 15 is 0 Å². The zero-order chi connectivity index (χ0) is 34.7. The Balaban J connectivity index is 1.19. The largest absolute Gasteiger partial charge is 0.489 e. The molecule has 4 heterocycles. The van der Waals surface area contributed by atoms with Crippen LogP contribution in [0.3, 0.4) is 0 Å². The lowest BCUT2D eigenvalue weighted by Crippen LogP contribution is -2.39. The molecule has 0 bridgehead atoms. The highest BCUT2D eigenvalue weighted by atomic mass is 35.5. The van der Waals surface area contributed by atoms with Crippen LogP contribution in [0, 0.1) is 0 Å². The van der Waals surface area contributed by atoms with Gasteiger partial charge >= 0.3 is 0 Å². The molecule has 0 amide bonds. The molecule has 2 aliphatic heterocycles. The number of hydrogen-bond donors (Lipinski definition) is 1. The zero-order valence-electron chi connectivity index (χ0n) is 27.8. The third kappa shape index (κ3) is 7.54. The van der Waals surface area contributed by atoms with Gasteiger partial charge in [-0.1, -0.05) is 35.9 Å². The van der Waals surface area contributed by atoms with Gasteiger partial charge in [0.2, 0.25) is 15.8 Å². The fourth-order valence-corrected chi connectivity index (χ4v) is 8.11. The smallest absolute Gasteiger partial charge is 0.260 e. The van der Waals surface area contributed by atoms with Crippen molar-refractivity contribution in [2.24, 2.45) is 0 Å². The number of piperidine rings is 1. The average Bonchev–Trinajstić information content (AvgIpc) is 3.13. The second kappa shape index (κ2) is 14.9. The van der Waals surface area contributed by atoms with Crippen LogP contribution in [0.4, 0.5) is 11.6 Å². The molecule has 0 aliphatic carbocycles. The molecule has 1 unspecified atom stereocenters. The third-order valence-electron chi connectivity index (χ3n) is 9.16. The van der Waals surface area contributed by atoms with Crippen molar-refractivity contribution in [1.82, 2.24) is 24.3 Å². The summed E-state index contributed by atoms with van der Waals surface area (Å²) in [5.74, 6) is 1.16. The van der Waals surface area contributed by atoms with E-state index in [2.05, 4.69) is 27.1 Å². The Morgan fingerprint density at radius 3 is 2.46 bits per heavy atom. The molecule has 2 saturated heterocycles. The Bertz CT molecular complexity index is 2140. The molecule has 3 aromatic carbocycles. The lowest BCUT2D eigenvalue weighted by Gasteiger charge is -2.30. The Morgan fingerprint density at radius 1 is 0.940 bits per heavy atom. The monoisotopic (exact) mass is 714 g/mol. The maximum atomic E-state index is 14.2. The van der Waals surface area contributed by atoms with Crippen LogP contribution in [0.2, 0.25) is 5.02 Å². The number of rotatable bonds is 10. The number of hydrogen-bond acceptors (Lipinski definition) is 10. The van der Waals surface area contributed by atoms with Crippen LogP contribution in [0.5, 0.6) is 5.75 Å². The molecule has 2 fully saturated rings. The third-order valence-corrected chi connectivity index (χ3v) is 11.2. The number of sulfone groups is 1. The van der Waals surface area contributed by atoms with E-state index in [9.17, 15) is 13.2 Å². The predicted octanol–water partition coefficient (Wildman–Crippen LogP) is 5.49. The number of benzene rings is 3. The van der Waals surface area contributed by atoms with Crippen molar-refractivity contribution in [3.05, 3.63) is 100 Å². The highest BCUT2D eigenvalue weighted by Crippen LogP contribution is 2.32. The summed E-state index contributed by atoms with van der Waals surface area (Å²) < 4.78 is 39.9. The Labute approximate surface area is 296 Å². The molecule has 0 radical (unpaired) electrons. The van der Waals surface area contributed by atoms with E-state index < -0.39 is 9.84 Å². The summed E-state index contributed by atoms with van der Waals surface area (Å²) >= 11 is 6.73. The first-order chi connectivity index (χ1) is 24.2. The Morgan fingerprint density at radius 2 is 1.72 bits per heavy atom. The number of pyridine rings is 1. The first-order valence-electron chi connectivity index (χ1n) is 16.8. The van der Waals surface area contributed by atoms with E-state index in [0.717, 1.165) is 50.5 Å². The number of aromatic nitrogens is 3. The topological polar surface area (TPSA) is 119 Å². The molecule has 1 N–H and O–H groups in total. The maximum Gasteiger partial charge on any atom is 0.260 e. The standard InChI is InChI=1S/C37H39ClN6O5S/c1-42-15-5-6-29(25-42)49-28-11-9-27(10-12-28)40-37-39-24-26-22-33(36(45)44(35(26)41-37)17-16-43-18-20-48-21-19-43)32-14-13-31(23-34(32)38)50(46,47)30-7-3-2-4-8-30/h2-4,7-14,22-24,29H,5-6,15-21,25H2,1H3,(H,39,40,41). The van der Waals surface area contributed by atoms with Crippen molar-refractivity contribution in [3.8, 4) is 16.9 Å². The van der Waals surface area contributed by atoms with Gasteiger partial charge in [0.25, 0.3) is 5.56 Å². The predicted molar refractivity (Wildman–Crippen MR) is 194 cm³/mol. The number of nitrogens with zero attached hydrogens (tertiary/aromatic N) is 5. The number of morpholine rings is 1. The van der Waals surface area contributed by atoms with E-state index in [4.69, 9.17) is 26.1 Å². The molecule has 0 spiro atoms. The number of ether oxygens (including phenoxy) is 2. The minimum Gasteiger partial charge on any atom is -0.489 e. The van der Waals surface area contributed by atoms with E-state index in [1.807, 2.05) is 24.3 Å². The highest BCUT2D eigenvalue weighted by molar-refractivity contribution is 7.91. The lowest BCUT2D eigenvalue weighted by atomic mass is 10.1. The number of anilines is 2. The second-order valence-electron chi connectivity index (χ2n) is 12.7. The quantitative estimate of drug-likeness (QED) is 0.199. The van der Waals surface area contributed by atoms with Crippen molar-refractivity contribution in [3.63, 3.8) is 0 Å². The van der Waals surface area contributed by atoms with Gasteiger partial charge in [-0.05, 0) is 81.0 Å². The van der Waals surface area contributed by atoms with Gasteiger partial charge in [0, 0.05) is 66.1 Å². The summed E-state index contributed by atoms with van der Waals surface area (Å²) in [5.41, 5.74) is 1.73. The lowest BCUT2D eigenvalue weighted by molar-refractivity contribution is 0.0364. The average molecular weight is 715 g/mol. The summed E-state index contributed by atoms with van der Waals surface area (Å²) in [6.07, 6.45) is 4.01. The van der Waals surface area contributed by atoms with Gasteiger partial charge in [0.1, 0.15) is 17.5 Å². The van der Waals surface area contributed by atoms with Crippen LogP contribution in [0.25, 0.3) is 22.2 Å². The van der Waals surface area contributed by atoms with Crippen molar-refractivity contribution in [2.45, 2.75) is 35.3 Å². The normalized spacial score (nSPS) is 17.5. The van der Waals surface area contributed by atoms with Gasteiger partial charge in [0.15, 0.2) is 0 Å². The molecular formula is C37H39ClN6O5S. The number of nitrogens with one attached hydrogen (secondary N) is 1. The SMILES string of the molecule is CN1CCCC(Oc2ccc(Nc3ncc4cc(-c5ccc(S(=O)(=O)c6ccccc6)cc5Cl)c(=O)n(CCN5CCOCC5)c4n3)cc2)C1. The molecule has 13 heteroatoms. The minimum absolute atomic E-state index is 0.0473. The highest BCUT2D eigenvalue weighted by Gasteiger charge is 2.22. The summed E-state index contributed by atoms with van der Waals surface area (Å²) in [6.45, 7) is 5.83. The Kier molecular flexibility index (Phi) is 10.2. The molecule has 50 heavy (non-hydrogen) atoms. The first kappa shape index (κ1) is 34.1. The number of fused-ring (bicyclic) bond motifs is 1. The van der Waals surface area contributed by atoms with Gasteiger partial charge in [-0.2, -0.15) is 4.98 Å². The summed E-state index contributed by atoms with van der Waals surface area (Å²) in [5, 5.41) is 4.07. The first-order valence-corrected chi connectivity index (χ1v) is 18.6. The van der Waals surface area contributed by atoms with E-state index in [0.29, 0.717) is 54.4 Å². The molecule has 0 saturated carbocycles. The fraction of sp³-hybridized carbons (Fsp3) is 0.324. The zero-order valence-corrected chi connectivity index (χ0v) is 29.4. The van der Waals surface area contributed by atoms with E-state index in [-0.39, 0.29) is 26.5 Å². The van der Waals surface area contributed by atoms with Crippen molar-refractivity contribution in [1.29, 1.82) is 0 Å². The van der Waals surface area contributed by atoms with Crippen LogP contribution in [0.15, 0.2) is 99.6 Å². The molecule has 11 nitrogen and oxygen atoms in total. The van der Waals surface area contributed by atoms with Crippen molar-refractivity contribution in [2.75, 3.05) is 58.3 Å². The van der Waals surface area contributed by atoms with Gasteiger partial charge in [-0.3, -0.25) is 14.3 Å². The molecule has 5 aromatic rings. The Hall–Kier alpha value is -4.33. The van der Waals surface area contributed by atoms with Crippen LogP contribution >= 0.6 is 11.6 Å². The number of likely N-dealkylation sites (tertiary alicyclic amines) is 1. The van der Waals surface area contributed by atoms with Crippen molar-refractivity contribution < 1.29 is 17.9 Å². The number of likely N-dealkylation sites (N-methyl/N-ethyl adjacent to an activating group) is 1. The maximum absolute atomic E-state index is 14.2. The number of halogens is 1.